The molecule has 6 nitrogen and oxygen atoms in total. The van der Waals surface area contributed by atoms with Crippen LogP contribution in [0.3, 0.4) is 0 Å². The van der Waals surface area contributed by atoms with Gasteiger partial charge in [-0.1, -0.05) is 30.3 Å². The van der Waals surface area contributed by atoms with Gasteiger partial charge in [-0.3, -0.25) is 9.59 Å². The van der Waals surface area contributed by atoms with Crippen LogP contribution in [0.5, 0.6) is 0 Å². The Morgan fingerprint density at radius 2 is 1.76 bits per heavy atom. The second kappa shape index (κ2) is 9.42. The fraction of sp³-hybridized carbons (Fsp3) is 0.316. The van der Waals surface area contributed by atoms with Gasteiger partial charge in [-0.25, -0.2) is 4.79 Å². The molecule has 0 saturated heterocycles. The summed E-state index contributed by atoms with van der Waals surface area (Å²) in [6, 6.07) is 12.9. The van der Waals surface area contributed by atoms with Gasteiger partial charge >= 0.3 is 11.9 Å². The summed E-state index contributed by atoms with van der Waals surface area (Å²) >= 11 is 0. The Morgan fingerprint density at radius 3 is 2.52 bits per heavy atom. The van der Waals surface area contributed by atoms with E-state index in [1.165, 1.54) is 0 Å². The van der Waals surface area contributed by atoms with Crippen molar-refractivity contribution in [3.63, 3.8) is 0 Å². The SMILES string of the molecule is CCOC(=O)CCCNC(=O)COC(=O)c1ccc2ccccc2c1. The standard InChI is InChI=1S/C19H21NO5/c1-2-24-18(22)8-5-11-20-17(21)13-25-19(23)16-10-9-14-6-3-4-7-15(14)12-16/h3-4,6-7,9-10,12H,2,5,8,11,13H2,1H3,(H,20,21). The van der Waals surface area contributed by atoms with E-state index >= 15 is 0 Å². The van der Waals surface area contributed by atoms with E-state index in [2.05, 4.69) is 5.32 Å². The van der Waals surface area contributed by atoms with E-state index < -0.39 is 11.9 Å². The zero-order chi connectivity index (χ0) is 18.1. The number of rotatable bonds is 8. The lowest BCUT2D eigenvalue weighted by atomic mass is 10.1. The normalized spacial score (nSPS) is 10.3. The largest absolute Gasteiger partial charge is 0.466 e. The molecule has 2 aromatic rings. The summed E-state index contributed by atoms with van der Waals surface area (Å²) < 4.78 is 9.80. The molecule has 1 N–H and O–H groups in total. The first kappa shape index (κ1) is 18.4. The molecule has 0 aliphatic carbocycles. The van der Waals surface area contributed by atoms with E-state index in [1.54, 1.807) is 19.1 Å². The minimum absolute atomic E-state index is 0.241. The summed E-state index contributed by atoms with van der Waals surface area (Å²) in [6.45, 7) is 2.05. The van der Waals surface area contributed by atoms with E-state index in [4.69, 9.17) is 9.47 Å². The number of ether oxygens (including phenoxy) is 2. The first-order chi connectivity index (χ1) is 12.1. The summed E-state index contributed by atoms with van der Waals surface area (Å²) in [7, 11) is 0. The van der Waals surface area contributed by atoms with Crippen LogP contribution in [0.4, 0.5) is 0 Å². The Morgan fingerprint density at radius 1 is 1.00 bits per heavy atom. The number of nitrogens with one attached hydrogen (secondary N) is 1. The molecule has 0 bridgehead atoms. The van der Waals surface area contributed by atoms with E-state index in [0.29, 0.717) is 25.1 Å². The van der Waals surface area contributed by atoms with Crippen molar-refractivity contribution in [2.45, 2.75) is 19.8 Å². The van der Waals surface area contributed by atoms with Gasteiger partial charge in [-0.15, -0.1) is 0 Å². The molecule has 0 saturated carbocycles. The van der Waals surface area contributed by atoms with Gasteiger partial charge in [0.25, 0.3) is 5.91 Å². The summed E-state index contributed by atoms with van der Waals surface area (Å²) in [6.07, 6.45) is 0.716. The molecule has 6 heteroatoms. The molecule has 0 heterocycles. The number of fused-ring (bicyclic) bond motifs is 1. The fourth-order valence-electron chi connectivity index (χ4n) is 2.28. The molecular formula is C19H21NO5. The summed E-state index contributed by atoms with van der Waals surface area (Å²) in [5, 5.41) is 4.55. The van der Waals surface area contributed by atoms with Gasteiger partial charge in [0.2, 0.25) is 0 Å². The lowest BCUT2D eigenvalue weighted by Gasteiger charge is -2.07. The van der Waals surface area contributed by atoms with E-state index in [0.717, 1.165) is 10.8 Å². The quantitative estimate of drug-likeness (QED) is 0.588. The van der Waals surface area contributed by atoms with Crippen molar-refractivity contribution in [2.24, 2.45) is 0 Å². The van der Waals surface area contributed by atoms with Crippen molar-refractivity contribution in [3.8, 4) is 0 Å². The first-order valence-electron chi connectivity index (χ1n) is 8.18. The Balaban J connectivity index is 1.73. The van der Waals surface area contributed by atoms with Crippen LogP contribution in [0.25, 0.3) is 10.8 Å². The molecule has 2 rings (SSSR count). The van der Waals surface area contributed by atoms with Crippen LogP contribution in [0.2, 0.25) is 0 Å². The van der Waals surface area contributed by atoms with E-state index in [-0.39, 0.29) is 19.0 Å². The second-order valence-electron chi connectivity index (χ2n) is 5.40. The highest BCUT2D eigenvalue weighted by molar-refractivity contribution is 5.96. The van der Waals surface area contributed by atoms with Gasteiger partial charge in [0.15, 0.2) is 6.61 Å². The van der Waals surface area contributed by atoms with Gasteiger partial charge < -0.3 is 14.8 Å². The van der Waals surface area contributed by atoms with Crippen LogP contribution in [0.1, 0.15) is 30.1 Å². The number of esters is 2. The average Bonchev–Trinajstić information content (AvgIpc) is 2.63. The third kappa shape index (κ3) is 5.91. The molecule has 0 radical (unpaired) electrons. The van der Waals surface area contributed by atoms with Gasteiger partial charge in [0, 0.05) is 13.0 Å². The molecule has 132 valence electrons. The van der Waals surface area contributed by atoms with Crippen molar-refractivity contribution < 1.29 is 23.9 Å². The molecule has 0 aliphatic heterocycles. The number of carbonyl (C=O) groups excluding carboxylic acids is 3. The third-order valence-corrected chi connectivity index (χ3v) is 3.50. The van der Waals surface area contributed by atoms with Crippen molar-refractivity contribution >= 4 is 28.6 Å². The summed E-state index contributed by atoms with van der Waals surface area (Å²) in [5.74, 6) is -1.25. The van der Waals surface area contributed by atoms with Crippen LogP contribution in [-0.2, 0) is 19.1 Å². The molecule has 1 amide bonds. The monoisotopic (exact) mass is 343 g/mol. The lowest BCUT2D eigenvalue weighted by Crippen LogP contribution is -2.30. The smallest absolute Gasteiger partial charge is 0.338 e. The molecule has 0 aromatic heterocycles. The molecule has 0 fully saturated rings. The maximum atomic E-state index is 12.0. The summed E-state index contributed by atoms with van der Waals surface area (Å²) in [4.78, 5) is 34.8. The minimum atomic E-state index is -0.549. The van der Waals surface area contributed by atoms with Crippen LogP contribution in [0, 0.1) is 0 Å². The van der Waals surface area contributed by atoms with E-state index in [9.17, 15) is 14.4 Å². The maximum absolute atomic E-state index is 12.0. The van der Waals surface area contributed by atoms with Crippen molar-refractivity contribution in [1.29, 1.82) is 0 Å². The van der Waals surface area contributed by atoms with Crippen molar-refractivity contribution in [2.75, 3.05) is 19.8 Å². The zero-order valence-corrected chi connectivity index (χ0v) is 14.1. The zero-order valence-electron chi connectivity index (χ0n) is 14.1. The number of hydrogen-bond donors (Lipinski definition) is 1. The highest BCUT2D eigenvalue weighted by Crippen LogP contribution is 2.16. The second-order valence-corrected chi connectivity index (χ2v) is 5.40. The molecule has 0 spiro atoms. The van der Waals surface area contributed by atoms with Gasteiger partial charge in [-0.2, -0.15) is 0 Å². The first-order valence-corrected chi connectivity index (χ1v) is 8.18. The van der Waals surface area contributed by atoms with Crippen LogP contribution in [0.15, 0.2) is 42.5 Å². The third-order valence-electron chi connectivity index (χ3n) is 3.50. The predicted octanol–water partition coefficient (Wildman–Crippen LogP) is 2.46. The van der Waals surface area contributed by atoms with Crippen LogP contribution < -0.4 is 5.32 Å². The fourth-order valence-corrected chi connectivity index (χ4v) is 2.28. The number of hydrogen-bond acceptors (Lipinski definition) is 5. The van der Waals surface area contributed by atoms with Gasteiger partial charge in [-0.05, 0) is 36.2 Å². The molecule has 25 heavy (non-hydrogen) atoms. The van der Waals surface area contributed by atoms with Gasteiger partial charge in [0.05, 0.1) is 12.2 Å². The molecule has 0 unspecified atom stereocenters. The number of carbonyl (C=O) groups is 3. The molecule has 2 aromatic carbocycles. The topological polar surface area (TPSA) is 81.7 Å². The van der Waals surface area contributed by atoms with Crippen molar-refractivity contribution in [1.82, 2.24) is 5.32 Å². The van der Waals surface area contributed by atoms with Crippen LogP contribution >= 0.6 is 0 Å². The maximum Gasteiger partial charge on any atom is 0.338 e. The Kier molecular flexibility index (Phi) is 6.95. The Labute approximate surface area is 146 Å². The number of benzene rings is 2. The molecular weight excluding hydrogens is 322 g/mol. The Hall–Kier alpha value is -2.89. The van der Waals surface area contributed by atoms with Gasteiger partial charge in [0.1, 0.15) is 0 Å². The van der Waals surface area contributed by atoms with Crippen molar-refractivity contribution in [3.05, 3.63) is 48.0 Å². The molecule has 0 aliphatic rings. The Bertz CT molecular complexity index is 756. The lowest BCUT2D eigenvalue weighted by molar-refractivity contribution is -0.143. The number of amides is 1. The molecule has 0 atom stereocenters. The van der Waals surface area contributed by atoms with E-state index in [1.807, 2.05) is 30.3 Å². The minimum Gasteiger partial charge on any atom is -0.466 e. The highest BCUT2D eigenvalue weighted by atomic mass is 16.5. The van der Waals surface area contributed by atoms with Crippen LogP contribution in [-0.4, -0.2) is 37.6 Å². The summed E-state index contributed by atoms with van der Waals surface area (Å²) in [5.41, 5.74) is 0.397. The predicted molar refractivity (Wildman–Crippen MR) is 93.1 cm³/mol. The highest BCUT2D eigenvalue weighted by Gasteiger charge is 2.11. The average molecular weight is 343 g/mol.